The number of esters is 1. The van der Waals surface area contributed by atoms with Crippen molar-refractivity contribution in [3.05, 3.63) is 29.8 Å². The number of amides is 1. The van der Waals surface area contributed by atoms with Crippen LogP contribution in [-0.4, -0.2) is 33.2 Å². The molecule has 122 valence electrons. The Morgan fingerprint density at radius 3 is 2.27 bits per heavy atom. The van der Waals surface area contributed by atoms with Crippen LogP contribution >= 0.6 is 0 Å². The Bertz CT molecular complexity index is 663. The van der Waals surface area contributed by atoms with Crippen molar-refractivity contribution >= 4 is 22.1 Å². The molecule has 1 amide bonds. The van der Waals surface area contributed by atoms with Gasteiger partial charge in [-0.15, -0.1) is 4.83 Å². The number of carbonyl (C=O) groups is 2. The second-order valence-corrected chi connectivity index (χ2v) is 6.87. The van der Waals surface area contributed by atoms with Crippen LogP contribution in [0.1, 0.15) is 31.1 Å². The zero-order valence-electron chi connectivity index (χ0n) is 12.7. The fourth-order valence-corrected chi connectivity index (χ4v) is 2.47. The first-order valence-corrected chi connectivity index (χ1v) is 7.73. The van der Waals surface area contributed by atoms with E-state index in [0.29, 0.717) is 0 Å². The first-order valence-electron chi connectivity index (χ1n) is 6.25. The molecule has 0 aliphatic heterocycles. The molecule has 0 atom stereocenters. The lowest BCUT2D eigenvalue weighted by Gasteiger charge is -2.20. The SMILES string of the molecule is COC(=O)c1ccccc1S(=O)(=O)NNC(=O)OC(C)(C)C. The molecule has 0 fully saturated rings. The van der Waals surface area contributed by atoms with Gasteiger partial charge in [0.15, 0.2) is 0 Å². The minimum Gasteiger partial charge on any atom is -0.465 e. The third kappa shape index (κ3) is 5.01. The Labute approximate surface area is 128 Å². The summed E-state index contributed by atoms with van der Waals surface area (Å²) in [7, 11) is -3.02. The van der Waals surface area contributed by atoms with Gasteiger partial charge in [0, 0.05) is 0 Å². The third-order valence-electron chi connectivity index (χ3n) is 2.27. The van der Waals surface area contributed by atoms with Gasteiger partial charge in [-0.3, -0.25) is 0 Å². The monoisotopic (exact) mass is 330 g/mol. The van der Waals surface area contributed by atoms with Crippen LogP contribution in [0.5, 0.6) is 0 Å². The minimum absolute atomic E-state index is 0.150. The van der Waals surface area contributed by atoms with Gasteiger partial charge in [-0.25, -0.2) is 23.4 Å². The number of hydrazine groups is 1. The van der Waals surface area contributed by atoms with Crippen LogP contribution in [-0.2, 0) is 19.5 Å². The van der Waals surface area contributed by atoms with E-state index in [9.17, 15) is 18.0 Å². The molecule has 9 heteroatoms. The van der Waals surface area contributed by atoms with Crippen molar-refractivity contribution < 1.29 is 27.5 Å². The molecular formula is C13H18N2O6S. The molecule has 0 aromatic heterocycles. The first-order chi connectivity index (χ1) is 10.1. The van der Waals surface area contributed by atoms with Crippen molar-refractivity contribution in [2.24, 2.45) is 0 Å². The lowest BCUT2D eigenvalue weighted by Crippen LogP contribution is -2.44. The number of nitrogens with one attached hydrogen (secondary N) is 2. The number of sulfonamides is 1. The third-order valence-corrected chi connectivity index (χ3v) is 3.57. The number of rotatable bonds is 4. The van der Waals surface area contributed by atoms with Crippen LogP contribution in [0.15, 0.2) is 29.2 Å². The molecule has 0 saturated heterocycles. The summed E-state index contributed by atoms with van der Waals surface area (Å²) in [6, 6.07) is 5.44. The van der Waals surface area contributed by atoms with Crippen LogP contribution in [0.2, 0.25) is 0 Å². The second kappa shape index (κ2) is 6.75. The highest BCUT2D eigenvalue weighted by Crippen LogP contribution is 2.15. The van der Waals surface area contributed by atoms with Crippen LogP contribution in [0, 0.1) is 0 Å². The smallest absolute Gasteiger partial charge is 0.423 e. The molecular weight excluding hydrogens is 312 g/mol. The Balaban J connectivity index is 2.93. The highest BCUT2D eigenvalue weighted by molar-refractivity contribution is 7.89. The van der Waals surface area contributed by atoms with Gasteiger partial charge >= 0.3 is 12.1 Å². The van der Waals surface area contributed by atoms with Crippen molar-refractivity contribution in [3.63, 3.8) is 0 Å². The molecule has 0 aliphatic rings. The van der Waals surface area contributed by atoms with E-state index in [1.165, 1.54) is 24.3 Å². The molecule has 0 spiro atoms. The summed E-state index contributed by atoms with van der Waals surface area (Å²) in [4.78, 5) is 24.6. The van der Waals surface area contributed by atoms with E-state index >= 15 is 0 Å². The summed E-state index contributed by atoms with van der Waals surface area (Å²) >= 11 is 0. The van der Waals surface area contributed by atoms with Crippen LogP contribution in [0.3, 0.4) is 0 Å². The van der Waals surface area contributed by atoms with Gasteiger partial charge in [-0.1, -0.05) is 12.1 Å². The zero-order chi connectivity index (χ0) is 17.0. The molecule has 1 aromatic rings. The molecule has 0 radical (unpaired) electrons. The molecule has 1 aromatic carbocycles. The summed E-state index contributed by atoms with van der Waals surface area (Å²) in [6.45, 7) is 4.90. The Morgan fingerprint density at radius 2 is 1.73 bits per heavy atom. The van der Waals surface area contributed by atoms with Crippen molar-refractivity contribution in [1.29, 1.82) is 0 Å². The van der Waals surface area contributed by atoms with E-state index in [1.54, 1.807) is 20.8 Å². The molecule has 0 bridgehead atoms. The van der Waals surface area contributed by atoms with Gasteiger partial charge < -0.3 is 9.47 Å². The number of methoxy groups -OCH3 is 1. The van der Waals surface area contributed by atoms with Gasteiger partial charge in [0.1, 0.15) is 5.60 Å². The average Bonchev–Trinajstić information content (AvgIpc) is 2.42. The summed E-state index contributed by atoms with van der Waals surface area (Å²) in [6.07, 6.45) is -0.966. The largest absolute Gasteiger partial charge is 0.465 e. The van der Waals surface area contributed by atoms with E-state index < -0.39 is 27.7 Å². The minimum atomic E-state index is -4.16. The van der Waals surface area contributed by atoms with Gasteiger partial charge in [-0.2, -0.15) is 0 Å². The van der Waals surface area contributed by atoms with Crippen LogP contribution < -0.4 is 10.3 Å². The maximum atomic E-state index is 12.2. The van der Waals surface area contributed by atoms with Gasteiger partial charge in [0.25, 0.3) is 10.0 Å². The van der Waals surface area contributed by atoms with Gasteiger partial charge in [0.05, 0.1) is 17.6 Å². The molecule has 0 heterocycles. The lowest BCUT2D eigenvalue weighted by molar-refractivity contribution is 0.0514. The van der Waals surface area contributed by atoms with E-state index in [-0.39, 0.29) is 10.5 Å². The number of benzene rings is 1. The number of hydrogen-bond acceptors (Lipinski definition) is 6. The van der Waals surface area contributed by atoms with E-state index in [1.807, 2.05) is 10.3 Å². The molecule has 2 N–H and O–H groups in total. The highest BCUT2D eigenvalue weighted by Gasteiger charge is 2.24. The summed E-state index contributed by atoms with van der Waals surface area (Å²) in [5.41, 5.74) is 0.983. The maximum absolute atomic E-state index is 12.2. The van der Waals surface area contributed by atoms with Crippen molar-refractivity contribution in [3.8, 4) is 0 Å². The van der Waals surface area contributed by atoms with E-state index in [2.05, 4.69) is 4.74 Å². The van der Waals surface area contributed by atoms with E-state index in [0.717, 1.165) is 7.11 Å². The fraction of sp³-hybridized carbons (Fsp3) is 0.385. The molecule has 22 heavy (non-hydrogen) atoms. The molecule has 0 saturated carbocycles. The number of hydrogen-bond donors (Lipinski definition) is 2. The Kier molecular flexibility index (Phi) is 5.50. The predicted octanol–water partition coefficient (Wildman–Crippen LogP) is 1.19. The lowest BCUT2D eigenvalue weighted by atomic mass is 10.2. The molecule has 8 nitrogen and oxygen atoms in total. The highest BCUT2D eigenvalue weighted by atomic mass is 32.2. The van der Waals surface area contributed by atoms with Gasteiger partial charge in [0.2, 0.25) is 0 Å². The Morgan fingerprint density at radius 1 is 1.14 bits per heavy atom. The normalized spacial score (nSPS) is 11.6. The molecule has 0 unspecified atom stereocenters. The van der Waals surface area contributed by atoms with E-state index in [4.69, 9.17) is 4.74 Å². The van der Waals surface area contributed by atoms with Crippen molar-refractivity contribution in [2.45, 2.75) is 31.3 Å². The molecule has 0 aliphatic carbocycles. The topological polar surface area (TPSA) is 111 Å². The van der Waals surface area contributed by atoms with Crippen molar-refractivity contribution in [1.82, 2.24) is 10.3 Å². The maximum Gasteiger partial charge on any atom is 0.423 e. The second-order valence-electron chi connectivity index (χ2n) is 5.22. The summed E-state index contributed by atoms with van der Waals surface area (Å²) in [5.74, 6) is -0.807. The van der Waals surface area contributed by atoms with Crippen LogP contribution in [0.25, 0.3) is 0 Å². The number of ether oxygens (including phenoxy) is 2. The molecule has 1 rings (SSSR count). The Hall–Kier alpha value is -2.13. The predicted molar refractivity (Wildman–Crippen MR) is 77.5 cm³/mol. The van der Waals surface area contributed by atoms with Gasteiger partial charge in [-0.05, 0) is 32.9 Å². The first kappa shape index (κ1) is 17.9. The quantitative estimate of drug-likeness (QED) is 0.634. The fourth-order valence-electron chi connectivity index (χ4n) is 1.45. The zero-order valence-corrected chi connectivity index (χ0v) is 13.5. The summed E-state index contributed by atoms with van der Waals surface area (Å²) in [5, 5.41) is 0. The standard InChI is InChI=1S/C13H18N2O6S/c1-13(2,3)21-12(17)14-15-22(18,19)10-8-6-5-7-9(10)11(16)20-4/h5-8,15H,1-4H3,(H,14,17). The van der Waals surface area contributed by atoms with Crippen LogP contribution in [0.4, 0.5) is 4.79 Å². The van der Waals surface area contributed by atoms with Crippen molar-refractivity contribution in [2.75, 3.05) is 7.11 Å². The average molecular weight is 330 g/mol. The number of carbonyl (C=O) groups excluding carboxylic acids is 2. The summed E-state index contributed by atoms with van der Waals surface area (Å²) < 4.78 is 33.7.